The van der Waals surface area contributed by atoms with Crippen molar-refractivity contribution in [2.24, 2.45) is 11.5 Å². The molecule has 6 heteroatoms. The van der Waals surface area contributed by atoms with Gasteiger partial charge in [0, 0.05) is 6.20 Å². The van der Waals surface area contributed by atoms with Gasteiger partial charge in [-0.05, 0) is 24.4 Å². The molecule has 68 valence electrons. The zero-order valence-corrected chi connectivity index (χ0v) is 6.94. The molecule has 0 aliphatic heterocycles. The summed E-state index contributed by atoms with van der Waals surface area (Å²) in [7, 11) is 0. The van der Waals surface area contributed by atoms with Gasteiger partial charge in [0.1, 0.15) is 0 Å². The van der Waals surface area contributed by atoms with Crippen molar-refractivity contribution in [1.82, 2.24) is 4.98 Å². The summed E-state index contributed by atoms with van der Waals surface area (Å²) >= 11 is 4.09. The lowest BCUT2D eigenvalue weighted by molar-refractivity contribution is 0.147. The first-order chi connectivity index (χ1) is 5.54. The molecule has 0 unspecified atom stereocenters. The number of nitrogens with two attached hydrogens (primary N) is 2. The molecule has 1 rings (SSSR count). The SMILES string of the molecule is FC(F)c1ccc[nH]1.NC(N)=S. The maximum Gasteiger partial charge on any atom is 0.278 e. The summed E-state index contributed by atoms with van der Waals surface area (Å²) in [5, 5.41) is 0.000000000000000222. The van der Waals surface area contributed by atoms with Gasteiger partial charge < -0.3 is 16.5 Å². The van der Waals surface area contributed by atoms with E-state index < -0.39 is 6.43 Å². The predicted octanol–water partition coefficient (Wildman–Crippen LogP) is 1.14. The Morgan fingerprint density at radius 1 is 1.50 bits per heavy atom. The highest BCUT2D eigenvalue weighted by Gasteiger charge is 2.04. The quantitative estimate of drug-likeness (QED) is 0.586. The second-order valence-corrected chi connectivity index (χ2v) is 2.30. The zero-order chi connectivity index (χ0) is 9.56. The van der Waals surface area contributed by atoms with Gasteiger partial charge in [-0.25, -0.2) is 8.78 Å². The Kier molecular flexibility index (Phi) is 4.94. The normalized spacial score (nSPS) is 8.92. The maximum absolute atomic E-state index is 11.6. The van der Waals surface area contributed by atoms with E-state index in [2.05, 4.69) is 28.7 Å². The Bertz CT molecular complexity index is 219. The van der Waals surface area contributed by atoms with E-state index in [9.17, 15) is 8.78 Å². The minimum Gasteiger partial charge on any atom is -0.377 e. The fourth-order valence-electron chi connectivity index (χ4n) is 0.480. The van der Waals surface area contributed by atoms with Crippen molar-refractivity contribution < 1.29 is 8.78 Å². The molecule has 0 bridgehead atoms. The monoisotopic (exact) mass is 193 g/mol. The van der Waals surface area contributed by atoms with E-state index in [0.29, 0.717) is 0 Å². The number of thiocarbonyl (C=S) groups is 1. The van der Waals surface area contributed by atoms with E-state index in [0.717, 1.165) is 0 Å². The second-order valence-electron chi connectivity index (χ2n) is 1.83. The van der Waals surface area contributed by atoms with E-state index in [1.807, 2.05) is 0 Å². The first kappa shape index (κ1) is 10.8. The molecule has 0 aliphatic carbocycles. The summed E-state index contributed by atoms with van der Waals surface area (Å²) < 4.78 is 23.1. The summed E-state index contributed by atoms with van der Waals surface area (Å²) in [5.41, 5.74) is 9.22. The molecule has 0 saturated heterocycles. The van der Waals surface area contributed by atoms with Gasteiger partial charge in [0.05, 0.1) is 5.69 Å². The minimum atomic E-state index is -2.37. The van der Waals surface area contributed by atoms with E-state index in [1.165, 1.54) is 12.3 Å². The molecule has 0 aromatic carbocycles. The Labute approximate surface area is 73.7 Å². The second kappa shape index (κ2) is 5.48. The molecular formula is C6H9F2N3S. The van der Waals surface area contributed by atoms with Crippen molar-refractivity contribution in [3.05, 3.63) is 24.0 Å². The third-order valence-corrected chi connectivity index (χ3v) is 0.857. The van der Waals surface area contributed by atoms with Crippen molar-refractivity contribution in [3.63, 3.8) is 0 Å². The first-order valence-electron chi connectivity index (χ1n) is 3.00. The first-order valence-corrected chi connectivity index (χ1v) is 3.41. The Morgan fingerprint density at radius 2 is 2.00 bits per heavy atom. The number of aromatic amines is 1. The van der Waals surface area contributed by atoms with Gasteiger partial charge in [-0.1, -0.05) is 0 Å². The number of alkyl halides is 2. The molecule has 0 spiro atoms. The lowest BCUT2D eigenvalue weighted by atomic mass is 10.5. The number of hydrogen-bond acceptors (Lipinski definition) is 1. The van der Waals surface area contributed by atoms with Gasteiger partial charge in [0.15, 0.2) is 5.11 Å². The number of aromatic nitrogens is 1. The summed E-state index contributed by atoms with van der Waals surface area (Å²) in [5.74, 6) is 0. The van der Waals surface area contributed by atoms with Crippen molar-refractivity contribution in [3.8, 4) is 0 Å². The largest absolute Gasteiger partial charge is 0.377 e. The summed E-state index contributed by atoms with van der Waals surface area (Å²) in [4.78, 5) is 2.39. The lowest BCUT2D eigenvalue weighted by Gasteiger charge is -1.88. The molecule has 12 heavy (non-hydrogen) atoms. The van der Waals surface area contributed by atoms with Crippen LogP contribution in [-0.2, 0) is 0 Å². The van der Waals surface area contributed by atoms with Gasteiger partial charge in [0.25, 0.3) is 6.43 Å². The van der Waals surface area contributed by atoms with E-state index in [4.69, 9.17) is 0 Å². The molecule has 0 fully saturated rings. The number of hydrogen-bond donors (Lipinski definition) is 3. The molecule has 5 N–H and O–H groups in total. The van der Waals surface area contributed by atoms with Gasteiger partial charge in [-0.2, -0.15) is 0 Å². The molecule has 1 aromatic rings. The third-order valence-electron chi connectivity index (χ3n) is 0.857. The summed E-state index contributed by atoms with van der Waals surface area (Å²) in [6.07, 6.45) is -0.897. The minimum absolute atomic E-state index is 0.000000000000000222. The van der Waals surface area contributed by atoms with Crippen LogP contribution in [0.15, 0.2) is 18.3 Å². The molecule has 0 radical (unpaired) electrons. The van der Waals surface area contributed by atoms with Crippen molar-refractivity contribution in [2.75, 3.05) is 0 Å². The van der Waals surface area contributed by atoms with Crippen LogP contribution in [0.3, 0.4) is 0 Å². The molecule has 1 heterocycles. The number of nitrogens with one attached hydrogen (secondary N) is 1. The lowest BCUT2D eigenvalue weighted by Crippen LogP contribution is -2.18. The van der Waals surface area contributed by atoms with E-state index in [-0.39, 0.29) is 10.8 Å². The molecular weight excluding hydrogens is 184 g/mol. The number of H-pyrrole nitrogens is 1. The topological polar surface area (TPSA) is 67.8 Å². The fraction of sp³-hybridized carbons (Fsp3) is 0.167. The van der Waals surface area contributed by atoms with Crippen LogP contribution >= 0.6 is 12.2 Å². The molecule has 1 aromatic heterocycles. The van der Waals surface area contributed by atoms with Crippen LogP contribution in [0, 0.1) is 0 Å². The van der Waals surface area contributed by atoms with Crippen LogP contribution in [0.25, 0.3) is 0 Å². The smallest absolute Gasteiger partial charge is 0.278 e. The van der Waals surface area contributed by atoms with Gasteiger partial charge in [0.2, 0.25) is 0 Å². The van der Waals surface area contributed by atoms with Crippen LogP contribution < -0.4 is 11.5 Å². The van der Waals surface area contributed by atoms with Crippen LogP contribution in [0.5, 0.6) is 0 Å². The highest BCUT2D eigenvalue weighted by atomic mass is 32.1. The standard InChI is InChI=1S/C5H5F2N.CH4N2S/c6-5(7)4-2-1-3-8-4;2-1(3)4/h1-3,5,8H;(H4,2,3,4). The molecule has 3 nitrogen and oxygen atoms in total. The number of rotatable bonds is 1. The molecule has 0 atom stereocenters. The maximum atomic E-state index is 11.6. The van der Waals surface area contributed by atoms with Crippen molar-refractivity contribution in [2.45, 2.75) is 6.43 Å². The summed E-state index contributed by atoms with van der Waals surface area (Å²) in [6.45, 7) is 0. The van der Waals surface area contributed by atoms with Gasteiger partial charge in [-0.15, -0.1) is 0 Å². The molecule has 0 saturated carbocycles. The van der Waals surface area contributed by atoms with Gasteiger partial charge >= 0.3 is 0 Å². The Morgan fingerprint density at radius 3 is 2.17 bits per heavy atom. The fourth-order valence-corrected chi connectivity index (χ4v) is 0.480. The molecule has 0 aliphatic rings. The van der Waals surface area contributed by atoms with Crippen LogP contribution in [0.1, 0.15) is 12.1 Å². The van der Waals surface area contributed by atoms with Crippen molar-refractivity contribution >= 4 is 17.3 Å². The van der Waals surface area contributed by atoms with E-state index >= 15 is 0 Å². The predicted molar refractivity (Wildman–Crippen MR) is 46.7 cm³/mol. The van der Waals surface area contributed by atoms with Gasteiger partial charge in [-0.3, -0.25) is 0 Å². The zero-order valence-electron chi connectivity index (χ0n) is 6.13. The highest BCUT2D eigenvalue weighted by molar-refractivity contribution is 7.80. The summed E-state index contributed by atoms with van der Waals surface area (Å²) in [6, 6.07) is 2.90. The van der Waals surface area contributed by atoms with Crippen LogP contribution in [0.4, 0.5) is 8.78 Å². The Balaban J connectivity index is 0.000000261. The third kappa shape index (κ3) is 5.60. The van der Waals surface area contributed by atoms with Crippen LogP contribution in [0.2, 0.25) is 0 Å². The number of halogens is 2. The molecule has 0 amide bonds. The van der Waals surface area contributed by atoms with Crippen molar-refractivity contribution in [1.29, 1.82) is 0 Å². The average molecular weight is 193 g/mol. The van der Waals surface area contributed by atoms with E-state index in [1.54, 1.807) is 6.07 Å². The Hall–Kier alpha value is -1.17. The highest BCUT2D eigenvalue weighted by Crippen LogP contribution is 2.14. The van der Waals surface area contributed by atoms with Crippen LogP contribution in [-0.4, -0.2) is 10.1 Å². The average Bonchev–Trinajstić information content (AvgIpc) is 2.34.